The molecule has 0 radical (unpaired) electrons. The molecule has 1 saturated heterocycles. The van der Waals surface area contributed by atoms with Crippen LogP contribution in [0.5, 0.6) is 0 Å². The zero-order valence-electron chi connectivity index (χ0n) is 22.0. The summed E-state index contributed by atoms with van der Waals surface area (Å²) in [6, 6.07) is 9.42. The van der Waals surface area contributed by atoms with Crippen molar-refractivity contribution in [3.63, 3.8) is 0 Å². The van der Waals surface area contributed by atoms with Gasteiger partial charge in [0.15, 0.2) is 5.43 Å². The standard InChI is InChI=1S/C27H34BClN2O4/c1-15-12-19(24-20(13-15)23(32)16(2)25(33-24)31(8)9)17(3)30-22-11-10-18(29)14-21(22)28-34-26(4,5)27(6,7)35-28/h10-14,17,30H,1-9H3. The molecular weight excluding hydrogens is 463 g/mol. The average Bonchev–Trinajstić information content (AvgIpc) is 2.98. The largest absolute Gasteiger partial charge is 0.497 e. The van der Waals surface area contributed by atoms with Gasteiger partial charge in [-0.05, 0) is 78.3 Å². The predicted octanol–water partition coefficient (Wildman–Crippen LogP) is 5.60. The highest BCUT2D eigenvalue weighted by atomic mass is 35.5. The molecule has 1 atom stereocenters. The third-order valence-electron chi connectivity index (χ3n) is 7.13. The summed E-state index contributed by atoms with van der Waals surface area (Å²) in [7, 11) is 3.18. The second kappa shape index (κ2) is 8.88. The lowest BCUT2D eigenvalue weighted by Crippen LogP contribution is -2.41. The Morgan fingerprint density at radius 2 is 1.66 bits per heavy atom. The van der Waals surface area contributed by atoms with Gasteiger partial charge in [0, 0.05) is 35.8 Å². The molecule has 1 aliphatic rings. The molecule has 2 heterocycles. The Kier molecular flexibility index (Phi) is 6.50. The van der Waals surface area contributed by atoms with Gasteiger partial charge in [-0.25, -0.2) is 0 Å². The second-order valence-electron chi connectivity index (χ2n) is 10.7. The molecule has 0 amide bonds. The van der Waals surface area contributed by atoms with Crippen LogP contribution in [0.4, 0.5) is 11.6 Å². The maximum atomic E-state index is 13.2. The number of halogens is 1. The van der Waals surface area contributed by atoms with Crippen molar-refractivity contribution in [3.8, 4) is 0 Å². The van der Waals surface area contributed by atoms with Crippen LogP contribution in [-0.2, 0) is 9.31 Å². The molecule has 8 heteroatoms. The van der Waals surface area contributed by atoms with Gasteiger partial charge in [0.2, 0.25) is 5.88 Å². The highest BCUT2D eigenvalue weighted by Crippen LogP contribution is 2.38. The second-order valence-corrected chi connectivity index (χ2v) is 11.1. The van der Waals surface area contributed by atoms with Crippen molar-refractivity contribution < 1.29 is 13.7 Å². The van der Waals surface area contributed by atoms with Crippen LogP contribution in [0.2, 0.25) is 5.02 Å². The molecule has 1 N–H and O–H groups in total. The minimum Gasteiger partial charge on any atom is -0.440 e. The smallest absolute Gasteiger partial charge is 0.440 e. The number of hydrogen-bond donors (Lipinski definition) is 1. The summed E-state index contributed by atoms with van der Waals surface area (Å²) in [6.07, 6.45) is 0. The van der Waals surface area contributed by atoms with Crippen LogP contribution in [0, 0.1) is 13.8 Å². The average molecular weight is 497 g/mol. The lowest BCUT2D eigenvalue weighted by Gasteiger charge is -2.32. The van der Waals surface area contributed by atoms with Gasteiger partial charge in [-0.2, -0.15) is 0 Å². The number of hydrogen-bond acceptors (Lipinski definition) is 6. The van der Waals surface area contributed by atoms with E-state index in [-0.39, 0.29) is 11.5 Å². The van der Waals surface area contributed by atoms with Crippen molar-refractivity contribution in [2.75, 3.05) is 24.3 Å². The van der Waals surface area contributed by atoms with E-state index < -0.39 is 18.3 Å². The van der Waals surface area contributed by atoms with E-state index in [1.54, 1.807) is 6.92 Å². The van der Waals surface area contributed by atoms with Gasteiger partial charge >= 0.3 is 7.12 Å². The van der Waals surface area contributed by atoms with E-state index in [1.165, 1.54) is 0 Å². The third-order valence-corrected chi connectivity index (χ3v) is 7.37. The molecule has 4 rings (SSSR count). The Labute approximate surface area is 212 Å². The van der Waals surface area contributed by atoms with Crippen molar-refractivity contribution in [2.24, 2.45) is 0 Å². The summed E-state index contributed by atoms with van der Waals surface area (Å²) in [6.45, 7) is 13.9. The van der Waals surface area contributed by atoms with Crippen LogP contribution >= 0.6 is 11.6 Å². The number of aryl methyl sites for hydroxylation is 1. The monoisotopic (exact) mass is 496 g/mol. The fraction of sp³-hybridized carbons (Fsp3) is 0.444. The van der Waals surface area contributed by atoms with Crippen molar-refractivity contribution in [2.45, 2.75) is 65.7 Å². The van der Waals surface area contributed by atoms with Crippen LogP contribution in [0.1, 0.15) is 57.4 Å². The SMILES string of the molecule is Cc1cc(C(C)Nc2ccc(Cl)cc2B2OC(C)(C)C(C)(C)O2)c2oc(N(C)C)c(C)c(=O)c2c1. The zero-order valence-corrected chi connectivity index (χ0v) is 22.8. The molecule has 3 aromatic rings. The Morgan fingerprint density at radius 1 is 1.03 bits per heavy atom. The lowest BCUT2D eigenvalue weighted by atomic mass is 9.77. The molecule has 1 aromatic heterocycles. The highest BCUT2D eigenvalue weighted by molar-refractivity contribution is 6.64. The van der Waals surface area contributed by atoms with E-state index in [1.807, 2.05) is 84.8 Å². The first-order valence-electron chi connectivity index (χ1n) is 11.9. The molecule has 35 heavy (non-hydrogen) atoms. The molecule has 1 unspecified atom stereocenters. The molecule has 6 nitrogen and oxygen atoms in total. The molecule has 2 aromatic carbocycles. The van der Waals surface area contributed by atoms with Crippen LogP contribution in [-0.4, -0.2) is 32.4 Å². The van der Waals surface area contributed by atoms with E-state index in [4.69, 9.17) is 25.3 Å². The summed E-state index contributed by atoms with van der Waals surface area (Å²) in [5.41, 5.74) is 3.78. The van der Waals surface area contributed by atoms with Gasteiger partial charge in [0.05, 0.1) is 28.2 Å². The van der Waals surface area contributed by atoms with Gasteiger partial charge in [-0.3, -0.25) is 4.79 Å². The highest BCUT2D eigenvalue weighted by Gasteiger charge is 2.52. The maximum Gasteiger partial charge on any atom is 0.497 e. The van der Waals surface area contributed by atoms with Crippen LogP contribution in [0.15, 0.2) is 39.5 Å². The summed E-state index contributed by atoms with van der Waals surface area (Å²) < 4.78 is 18.9. The Bertz CT molecular complexity index is 1330. The van der Waals surface area contributed by atoms with E-state index in [0.29, 0.717) is 27.4 Å². The van der Waals surface area contributed by atoms with E-state index >= 15 is 0 Å². The van der Waals surface area contributed by atoms with Gasteiger partial charge < -0.3 is 23.9 Å². The fourth-order valence-corrected chi connectivity index (χ4v) is 4.63. The van der Waals surface area contributed by atoms with Gasteiger partial charge in [0.1, 0.15) is 5.58 Å². The number of nitrogens with zero attached hydrogens (tertiary/aromatic N) is 1. The number of anilines is 2. The molecule has 0 spiro atoms. The summed E-state index contributed by atoms with van der Waals surface area (Å²) in [4.78, 5) is 15.0. The number of nitrogens with one attached hydrogen (secondary N) is 1. The molecule has 186 valence electrons. The summed E-state index contributed by atoms with van der Waals surface area (Å²) in [5, 5.41) is 4.78. The van der Waals surface area contributed by atoms with Crippen LogP contribution < -0.4 is 21.1 Å². The molecule has 1 aliphatic heterocycles. The van der Waals surface area contributed by atoms with Crippen LogP contribution in [0.25, 0.3) is 11.0 Å². The van der Waals surface area contributed by atoms with Gasteiger partial charge in [0.25, 0.3) is 0 Å². The molecule has 0 aliphatic carbocycles. The number of rotatable bonds is 5. The van der Waals surface area contributed by atoms with Crippen molar-refractivity contribution in [1.29, 1.82) is 0 Å². The zero-order chi connectivity index (χ0) is 25.9. The van der Waals surface area contributed by atoms with Crippen molar-refractivity contribution >= 4 is 46.7 Å². The molecule has 0 saturated carbocycles. The topological polar surface area (TPSA) is 63.9 Å². The minimum atomic E-state index is -0.566. The van der Waals surface area contributed by atoms with Crippen LogP contribution in [0.3, 0.4) is 0 Å². The summed E-state index contributed by atoms with van der Waals surface area (Å²) >= 11 is 6.38. The van der Waals surface area contributed by atoms with Gasteiger partial charge in [-0.15, -0.1) is 0 Å². The molecular formula is C27H34BClN2O4. The van der Waals surface area contributed by atoms with Crippen molar-refractivity contribution in [1.82, 2.24) is 0 Å². The Balaban J connectivity index is 1.78. The predicted molar refractivity (Wildman–Crippen MR) is 145 cm³/mol. The minimum absolute atomic E-state index is 0.0171. The van der Waals surface area contributed by atoms with E-state index in [9.17, 15) is 4.79 Å². The quantitative estimate of drug-likeness (QED) is 0.464. The number of fused-ring (bicyclic) bond motifs is 1. The van der Waals surface area contributed by atoms with E-state index in [2.05, 4.69) is 11.4 Å². The van der Waals surface area contributed by atoms with Crippen molar-refractivity contribution in [3.05, 3.63) is 62.3 Å². The van der Waals surface area contributed by atoms with E-state index in [0.717, 1.165) is 22.3 Å². The maximum absolute atomic E-state index is 13.2. The fourth-order valence-electron chi connectivity index (χ4n) is 4.45. The summed E-state index contributed by atoms with van der Waals surface area (Å²) in [5.74, 6) is 0.559. The first kappa shape index (κ1) is 25.6. The normalized spacial score (nSPS) is 17.6. The lowest BCUT2D eigenvalue weighted by molar-refractivity contribution is 0.00578. The first-order valence-corrected chi connectivity index (χ1v) is 12.3. The third kappa shape index (κ3) is 4.57. The Hall–Kier alpha value is -2.48. The molecule has 0 bridgehead atoms. The Morgan fingerprint density at radius 3 is 2.26 bits per heavy atom. The van der Waals surface area contributed by atoms with Gasteiger partial charge in [-0.1, -0.05) is 17.7 Å². The molecule has 1 fully saturated rings. The first-order chi connectivity index (χ1) is 16.2. The number of benzene rings is 2.